The summed E-state index contributed by atoms with van der Waals surface area (Å²) in [5, 5.41) is 0. The molecule has 1 saturated heterocycles. The lowest BCUT2D eigenvalue weighted by atomic mass is 10.0. The minimum Gasteiger partial charge on any atom is -0.368 e. The van der Waals surface area contributed by atoms with E-state index in [1.807, 2.05) is 23.1 Å². The van der Waals surface area contributed by atoms with Crippen molar-refractivity contribution in [1.82, 2.24) is 4.90 Å². The Morgan fingerprint density at radius 3 is 2.44 bits per heavy atom. The van der Waals surface area contributed by atoms with E-state index in [2.05, 4.69) is 67.3 Å². The molecular formula is C27H27N3OS. The largest absolute Gasteiger partial charge is 0.368 e. The third-order valence-corrected chi connectivity index (χ3v) is 7.29. The molecule has 0 radical (unpaired) electrons. The van der Waals surface area contributed by atoms with E-state index < -0.39 is 0 Å². The summed E-state index contributed by atoms with van der Waals surface area (Å²) in [6.45, 7) is 7.42. The lowest BCUT2D eigenvalue weighted by Gasteiger charge is -2.36. The fourth-order valence-electron chi connectivity index (χ4n) is 4.37. The van der Waals surface area contributed by atoms with E-state index in [4.69, 9.17) is 4.99 Å². The Morgan fingerprint density at radius 2 is 1.69 bits per heavy atom. The van der Waals surface area contributed by atoms with Gasteiger partial charge < -0.3 is 9.80 Å². The van der Waals surface area contributed by atoms with Crippen LogP contribution < -0.4 is 4.90 Å². The maximum atomic E-state index is 13.3. The Bertz CT molecular complexity index is 1180. The summed E-state index contributed by atoms with van der Waals surface area (Å²) in [6.07, 6.45) is 0.857. The van der Waals surface area contributed by atoms with E-state index >= 15 is 0 Å². The highest BCUT2D eigenvalue weighted by atomic mass is 32.2. The Balaban J connectivity index is 1.37. The van der Waals surface area contributed by atoms with E-state index in [1.165, 1.54) is 21.7 Å². The Labute approximate surface area is 194 Å². The molecule has 0 aromatic heterocycles. The summed E-state index contributed by atoms with van der Waals surface area (Å²) in [5.41, 5.74) is 6.36. The van der Waals surface area contributed by atoms with Crippen molar-refractivity contribution in [2.75, 3.05) is 31.1 Å². The number of carbonyl (C=O) groups excluding carboxylic acids is 1. The summed E-state index contributed by atoms with van der Waals surface area (Å²) in [6, 6.07) is 22.9. The van der Waals surface area contributed by atoms with Gasteiger partial charge in [0.1, 0.15) is 0 Å². The normalized spacial score (nSPS) is 15.5. The number of benzene rings is 3. The Hall–Kier alpha value is -3.05. The van der Waals surface area contributed by atoms with E-state index in [-0.39, 0.29) is 5.91 Å². The van der Waals surface area contributed by atoms with Gasteiger partial charge in [-0.25, -0.2) is 0 Å². The first-order valence-corrected chi connectivity index (χ1v) is 12.0. The number of hydrogen-bond acceptors (Lipinski definition) is 4. The minimum atomic E-state index is 0.0939. The minimum absolute atomic E-state index is 0.0939. The molecule has 5 heteroatoms. The lowest BCUT2D eigenvalue weighted by molar-refractivity contribution is 0.0746. The number of hydrogen-bond donors (Lipinski definition) is 0. The molecule has 1 amide bonds. The van der Waals surface area contributed by atoms with Crippen molar-refractivity contribution in [2.45, 2.75) is 30.1 Å². The maximum Gasteiger partial charge on any atom is 0.254 e. The van der Waals surface area contributed by atoms with Gasteiger partial charge in [-0.15, -0.1) is 0 Å². The van der Waals surface area contributed by atoms with Crippen LogP contribution in [0.4, 0.5) is 11.4 Å². The number of anilines is 1. The van der Waals surface area contributed by atoms with Crippen LogP contribution in [0.1, 0.15) is 34.8 Å². The van der Waals surface area contributed by atoms with Crippen LogP contribution in [0.2, 0.25) is 0 Å². The predicted octanol–water partition coefficient (Wildman–Crippen LogP) is 5.95. The summed E-state index contributed by atoms with van der Waals surface area (Å²) >= 11 is 1.74. The lowest BCUT2D eigenvalue weighted by Crippen LogP contribution is -2.48. The van der Waals surface area contributed by atoms with Gasteiger partial charge in [0.05, 0.1) is 5.69 Å². The van der Waals surface area contributed by atoms with Gasteiger partial charge in [-0.1, -0.05) is 48.5 Å². The first kappa shape index (κ1) is 20.8. The van der Waals surface area contributed by atoms with Gasteiger partial charge in [-0.3, -0.25) is 9.79 Å². The topological polar surface area (TPSA) is 35.9 Å². The second-order valence-corrected chi connectivity index (χ2v) is 9.39. The standard InChI is InChI=1S/C27H27N3OS/c1-3-23-22-17-19(2)9-11-25(22)32-26-12-10-20(18-24(26)28-23)27(31)30-15-13-29(14-16-30)21-7-5-4-6-8-21/h4-12,17-18H,3,13-16H2,1-2H3. The molecule has 2 heterocycles. The number of para-hydroxylation sites is 1. The summed E-state index contributed by atoms with van der Waals surface area (Å²) in [7, 11) is 0. The molecule has 0 N–H and O–H groups in total. The van der Waals surface area contributed by atoms with Crippen molar-refractivity contribution in [3.63, 3.8) is 0 Å². The second-order valence-electron chi connectivity index (χ2n) is 8.31. The van der Waals surface area contributed by atoms with Crippen LogP contribution in [0.3, 0.4) is 0 Å². The smallest absolute Gasteiger partial charge is 0.254 e. The monoisotopic (exact) mass is 441 g/mol. The van der Waals surface area contributed by atoms with Crippen LogP contribution in [0.25, 0.3) is 0 Å². The molecule has 0 spiro atoms. The van der Waals surface area contributed by atoms with E-state index in [1.54, 1.807) is 11.8 Å². The molecule has 4 nitrogen and oxygen atoms in total. The first-order chi connectivity index (χ1) is 15.6. The van der Waals surface area contributed by atoms with Crippen LogP contribution >= 0.6 is 11.8 Å². The van der Waals surface area contributed by atoms with Gasteiger partial charge in [0.25, 0.3) is 5.91 Å². The number of fused-ring (bicyclic) bond motifs is 2. The third-order valence-electron chi connectivity index (χ3n) is 6.15. The maximum absolute atomic E-state index is 13.3. The molecule has 2 aliphatic rings. The van der Waals surface area contributed by atoms with Gasteiger partial charge >= 0.3 is 0 Å². The Morgan fingerprint density at radius 1 is 0.938 bits per heavy atom. The average Bonchev–Trinajstić information content (AvgIpc) is 3.00. The molecule has 0 saturated carbocycles. The number of nitrogens with zero attached hydrogens (tertiary/aromatic N) is 3. The molecule has 0 atom stereocenters. The average molecular weight is 442 g/mol. The predicted molar refractivity (Wildman–Crippen MR) is 133 cm³/mol. The number of rotatable bonds is 3. The number of amides is 1. The molecule has 32 heavy (non-hydrogen) atoms. The van der Waals surface area contributed by atoms with Crippen LogP contribution in [0.15, 0.2) is 81.5 Å². The van der Waals surface area contributed by atoms with Crippen molar-refractivity contribution in [1.29, 1.82) is 0 Å². The molecule has 1 fully saturated rings. The molecule has 162 valence electrons. The zero-order valence-electron chi connectivity index (χ0n) is 18.5. The van der Waals surface area contributed by atoms with Gasteiger partial charge in [0, 0.05) is 58.5 Å². The van der Waals surface area contributed by atoms with Crippen molar-refractivity contribution >= 4 is 34.8 Å². The highest BCUT2D eigenvalue weighted by Crippen LogP contribution is 2.41. The van der Waals surface area contributed by atoms with E-state index in [0.717, 1.165) is 54.5 Å². The highest BCUT2D eigenvalue weighted by molar-refractivity contribution is 7.99. The Kier molecular flexibility index (Phi) is 5.75. The molecule has 0 unspecified atom stereocenters. The van der Waals surface area contributed by atoms with Crippen molar-refractivity contribution in [2.24, 2.45) is 4.99 Å². The SMILES string of the molecule is CCC1=Nc2cc(C(=O)N3CCN(c4ccccc4)CC3)ccc2Sc2ccc(C)cc21. The summed E-state index contributed by atoms with van der Waals surface area (Å²) in [5.74, 6) is 0.0939. The van der Waals surface area contributed by atoms with Crippen LogP contribution in [-0.2, 0) is 0 Å². The van der Waals surface area contributed by atoms with Gasteiger partial charge in [-0.2, -0.15) is 0 Å². The zero-order chi connectivity index (χ0) is 22.1. The molecular weight excluding hydrogens is 414 g/mol. The van der Waals surface area contributed by atoms with E-state index in [9.17, 15) is 4.79 Å². The summed E-state index contributed by atoms with van der Waals surface area (Å²) in [4.78, 5) is 24.9. The molecule has 0 bridgehead atoms. The third kappa shape index (κ3) is 4.05. The zero-order valence-corrected chi connectivity index (χ0v) is 19.4. The van der Waals surface area contributed by atoms with Crippen molar-refractivity contribution in [3.05, 3.63) is 83.4 Å². The number of carbonyl (C=O) groups is 1. The fraction of sp³-hybridized carbons (Fsp3) is 0.259. The molecule has 3 aromatic carbocycles. The van der Waals surface area contributed by atoms with Crippen LogP contribution in [0.5, 0.6) is 0 Å². The molecule has 3 aromatic rings. The van der Waals surface area contributed by atoms with E-state index in [0.29, 0.717) is 0 Å². The number of aliphatic imine (C=N–C) groups is 1. The number of piperazine rings is 1. The van der Waals surface area contributed by atoms with Crippen LogP contribution in [0, 0.1) is 6.92 Å². The first-order valence-electron chi connectivity index (χ1n) is 11.2. The van der Waals surface area contributed by atoms with Crippen molar-refractivity contribution < 1.29 is 4.79 Å². The summed E-state index contributed by atoms with van der Waals surface area (Å²) < 4.78 is 0. The highest BCUT2D eigenvalue weighted by Gasteiger charge is 2.24. The molecule has 0 aliphatic carbocycles. The second kappa shape index (κ2) is 8.83. The van der Waals surface area contributed by atoms with Gasteiger partial charge in [-0.05, 0) is 55.8 Å². The fourth-order valence-corrected chi connectivity index (χ4v) is 5.37. The van der Waals surface area contributed by atoms with Gasteiger partial charge in [0.15, 0.2) is 0 Å². The van der Waals surface area contributed by atoms with Gasteiger partial charge in [0.2, 0.25) is 0 Å². The number of aryl methyl sites for hydroxylation is 1. The van der Waals surface area contributed by atoms with Crippen molar-refractivity contribution in [3.8, 4) is 0 Å². The molecule has 5 rings (SSSR count). The molecule has 2 aliphatic heterocycles. The quantitative estimate of drug-likeness (QED) is 0.504. The van der Waals surface area contributed by atoms with Crippen LogP contribution in [-0.4, -0.2) is 42.7 Å².